The van der Waals surface area contributed by atoms with Gasteiger partial charge < -0.3 is 5.32 Å². The van der Waals surface area contributed by atoms with Crippen molar-refractivity contribution in [1.29, 1.82) is 0 Å². The van der Waals surface area contributed by atoms with Gasteiger partial charge in [0.2, 0.25) is 0 Å². The van der Waals surface area contributed by atoms with E-state index in [0.717, 1.165) is 12.1 Å². The number of fused-ring (bicyclic) bond motifs is 1. The quantitative estimate of drug-likeness (QED) is 0.798. The van der Waals surface area contributed by atoms with Gasteiger partial charge in [-0.05, 0) is 42.3 Å². The van der Waals surface area contributed by atoms with Crippen molar-refractivity contribution < 1.29 is 13.2 Å². The maximum absolute atomic E-state index is 13.3. The molecule has 1 heterocycles. The molecule has 0 aliphatic heterocycles. The molecule has 0 spiro atoms. The van der Waals surface area contributed by atoms with Gasteiger partial charge in [0.25, 0.3) is 0 Å². The zero-order chi connectivity index (χ0) is 15.5. The molecule has 0 unspecified atom stereocenters. The van der Waals surface area contributed by atoms with Crippen LogP contribution in [0.2, 0.25) is 0 Å². The molecule has 0 amide bonds. The molecule has 112 valence electrons. The van der Waals surface area contributed by atoms with Crippen molar-refractivity contribution in [2.75, 3.05) is 11.9 Å². The van der Waals surface area contributed by atoms with E-state index in [4.69, 9.17) is 0 Å². The lowest BCUT2D eigenvalue weighted by atomic mass is 10.1. The van der Waals surface area contributed by atoms with Gasteiger partial charge in [0, 0.05) is 11.9 Å². The molecule has 3 aromatic rings. The van der Waals surface area contributed by atoms with E-state index in [1.807, 2.05) is 0 Å². The Morgan fingerprint density at radius 2 is 1.77 bits per heavy atom. The van der Waals surface area contributed by atoms with Gasteiger partial charge in [-0.2, -0.15) is 0 Å². The van der Waals surface area contributed by atoms with Crippen LogP contribution >= 0.6 is 0 Å². The van der Waals surface area contributed by atoms with Gasteiger partial charge in [-0.25, -0.2) is 23.1 Å². The lowest BCUT2D eigenvalue weighted by Crippen LogP contribution is -2.07. The topological polar surface area (TPSA) is 37.8 Å². The van der Waals surface area contributed by atoms with Crippen LogP contribution in [0.3, 0.4) is 0 Å². The highest BCUT2D eigenvalue weighted by Gasteiger charge is 2.06. The number of rotatable bonds is 4. The summed E-state index contributed by atoms with van der Waals surface area (Å²) in [6.45, 7) is 0.452. The fourth-order valence-corrected chi connectivity index (χ4v) is 2.19. The molecule has 0 saturated heterocycles. The summed E-state index contributed by atoms with van der Waals surface area (Å²) in [5, 5.41) is 3.64. The summed E-state index contributed by atoms with van der Waals surface area (Å²) in [5.41, 5.74) is 1.29. The van der Waals surface area contributed by atoms with Crippen molar-refractivity contribution in [3.05, 3.63) is 65.7 Å². The molecule has 0 aliphatic rings. The molecule has 0 saturated carbocycles. The van der Waals surface area contributed by atoms with Crippen molar-refractivity contribution in [3.8, 4) is 0 Å². The van der Waals surface area contributed by atoms with Gasteiger partial charge >= 0.3 is 0 Å². The predicted octanol–water partition coefficient (Wildman–Crippen LogP) is 3.70. The number of aromatic nitrogens is 2. The molecule has 2 aromatic carbocycles. The standard InChI is InChI=1S/C16H12F3N3/c17-11-2-4-15-12(8-11)16(22-9-21-15)20-6-5-10-1-3-13(18)14(19)7-10/h1-4,7-9H,5-6H2,(H,20,21,22). The normalized spacial score (nSPS) is 10.9. The monoisotopic (exact) mass is 303 g/mol. The number of hydrogen-bond acceptors (Lipinski definition) is 3. The van der Waals surface area contributed by atoms with Gasteiger partial charge in [-0.3, -0.25) is 0 Å². The largest absolute Gasteiger partial charge is 0.369 e. The van der Waals surface area contributed by atoms with E-state index in [-0.39, 0.29) is 5.82 Å². The Balaban J connectivity index is 1.74. The van der Waals surface area contributed by atoms with Crippen LogP contribution in [-0.4, -0.2) is 16.5 Å². The predicted molar refractivity (Wildman–Crippen MR) is 78.0 cm³/mol. The molecule has 1 aromatic heterocycles. The van der Waals surface area contributed by atoms with Crippen LogP contribution in [-0.2, 0) is 6.42 Å². The molecule has 3 rings (SSSR count). The van der Waals surface area contributed by atoms with E-state index in [1.54, 1.807) is 6.07 Å². The van der Waals surface area contributed by atoms with Crippen molar-refractivity contribution in [2.24, 2.45) is 0 Å². The number of nitrogens with one attached hydrogen (secondary N) is 1. The number of nitrogens with zero attached hydrogens (tertiary/aromatic N) is 2. The molecule has 1 N–H and O–H groups in total. The summed E-state index contributed by atoms with van der Waals surface area (Å²) >= 11 is 0. The fourth-order valence-electron chi connectivity index (χ4n) is 2.19. The molecule has 0 radical (unpaired) electrons. The van der Waals surface area contributed by atoms with Crippen molar-refractivity contribution in [3.63, 3.8) is 0 Å². The van der Waals surface area contributed by atoms with Crippen LogP contribution in [0.25, 0.3) is 10.9 Å². The molecule has 0 aliphatic carbocycles. The first kappa shape index (κ1) is 14.3. The second-order valence-electron chi connectivity index (χ2n) is 4.81. The third-order valence-corrected chi connectivity index (χ3v) is 3.29. The molecule has 3 nitrogen and oxygen atoms in total. The van der Waals surface area contributed by atoms with Crippen molar-refractivity contribution >= 4 is 16.7 Å². The Labute approximate surface area is 124 Å². The lowest BCUT2D eigenvalue weighted by Gasteiger charge is -2.08. The van der Waals surface area contributed by atoms with E-state index < -0.39 is 11.6 Å². The maximum atomic E-state index is 13.3. The lowest BCUT2D eigenvalue weighted by molar-refractivity contribution is 0.507. The van der Waals surface area contributed by atoms with Crippen LogP contribution < -0.4 is 5.32 Å². The van der Waals surface area contributed by atoms with Crippen LogP contribution in [0.4, 0.5) is 19.0 Å². The summed E-state index contributed by atoms with van der Waals surface area (Å²) in [4.78, 5) is 8.15. The van der Waals surface area contributed by atoms with Gasteiger partial charge in [-0.15, -0.1) is 0 Å². The minimum absolute atomic E-state index is 0.369. The zero-order valence-electron chi connectivity index (χ0n) is 11.5. The van der Waals surface area contributed by atoms with Crippen LogP contribution in [0.15, 0.2) is 42.7 Å². The Morgan fingerprint density at radius 3 is 2.59 bits per heavy atom. The Hall–Kier alpha value is -2.63. The first-order chi connectivity index (χ1) is 10.6. The second-order valence-corrected chi connectivity index (χ2v) is 4.81. The molecule has 0 bridgehead atoms. The summed E-state index contributed by atoms with van der Waals surface area (Å²) in [7, 11) is 0. The highest BCUT2D eigenvalue weighted by atomic mass is 19.2. The number of anilines is 1. The fraction of sp³-hybridized carbons (Fsp3) is 0.125. The van der Waals surface area contributed by atoms with Gasteiger partial charge in [-0.1, -0.05) is 6.07 Å². The van der Waals surface area contributed by atoms with E-state index in [1.165, 1.54) is 24.5 Å². The number of benzene rings is 2. The summed E-state index contributed by atoms with van der Waals surface area (Å²) in [6.07, 6.45) is 1.87. The van der Waals surface area contributed by atoms with E-state index in [9.17, 15) is 13.2 Å². The third kappa shape index (κ3) is 3.00. The van der Waals surface area contributed by atoms with E-state index in [2.05, 4.69) is 15.3 Å². The SMILES string of the molecule is Fc1ccc2ncnc(NCCc3ccc(F)c(F)c3)c2c1. The van der Waals surface area contributed by atoms with Crippen LogP contribution in [0.5, 0.6) is 0 Å². The summed E-state index contributed by atoms with van der Waals surface area (Å²) in [5.74, 6) is -1.60. The Kier molecular flexibility index (Phi) is 3.91. The van der Waals surface area contributed by atoms with Crippen molar-refractivity contribution in [1.82, 2.24) is 9.97 Å². The highest BCUT2D eigenvalue weighted by molar-refractivity contribution is 5.88. The molecule has 0 fully saturated rings. The molecule has 22 heavy (non-hydrogen) atoms. The van der Waals surface area contributed by atoms with Gasteiger partial charge in [0.15, 0.2) is 11.6 Å². The minimum Gasteiger partial charge on any atom is -0.369 e. The Morgan fingerprint density at radius 1 is 0.909 bits per heavy atom. The molecular formula is C16H12F3N3. The van der Waals surface area contributed by atoms with Gasteiger partial charge in [0.05, 0.1) is 5.52 Å². The molecular weight excluding hydrogens is 291 g/mol. The van der Waals surface area contributed by atoms with E-state index in [0.29, 0.717) is 35.2 Å². The van der Waals surface area contributed by atoms with Crippen molar-refractivity contribution in [2.45, 2.75) is 6.42 Å². The Bertz CT molecular complexity index is 821. The average Bonchev–Trinajstić information content (AvgIpc) is 2.51. The second kappa shape index (κ2) is 6.01. The zero-order valence-corrected chi connectivity index (χ0v) is 11.5. The van der Waals surface area contributed by atoms with Crippen LogP contribution in [0.1, 0.15) is 5.56 Å². The molecule has 0 atom stereocenters. The van der Waals surface area contributed by atoms with Crippen LogP contribution in [0, 0.1) is 17.5 Å². The number of hydrogen-bond donors (Lipinski definition) is 1. The van der Waals surface area contributed by atoms with E-state index >= 15 is 0 Å². The minimum atomic E-state index is -0.868. The smallest absolute Gasteiger partial charge is 0.159 e. The first-order valence-corrected chi connectivity index (χ1v) is 6.71. The molecule has 6 heteroatoms. The summed E-state index contributed by atoms with van der Waals surface area (Å²) < 4.78 is 39.3. The summed E-state index contributed by atoms with van der Waals surface area (Å²) in [6, 6.07) is 8.05. The first-order valence-electron chi connectivity index (χ1n) is 6.71. The highest BCUT2D eigenvalue weighted by Crippen LogP contribution is 2.20. The van der Waals surface area contributed by atoms with Gasteiger partial charge in [0.1, 0.15) is 18.0 Å². The maximum Gasteiger partial charge on any atom is 0.159 e. The third-order valence-electron chi connectivity index (χ3n) is 3.29. The average molecular weight is 303 g/mol. The number of halogens is 3.